The molecule has 14 heteroatoms. The lowest BCUT2D eigenvalue weighted by molar-refractivity contribution is 0.0694. The van der Waals surface area contributed by atoms with Crippen LogP contribution < -0.4 is 20.1 Å². The zero-order valence-electron chi connectivity index (χ0n) is 19.9. The highest BCUT2D eigenvalue weighted by Crippen LogP contribution is 2.33. The van der Waals surface area contributed by atoms with Gasteiger partial charge >= 0.3 is 0 Å². The van der Waals surface area contributed by atoms with Crippen LogP contribution in [0.15, 0.2) is 65.7 Å². The number of thiazole rings is 1. The predicted molar refractivity (Wildman–Crippen MR) is 149 cm³/mol. The van der Waals surface area contributed by atoms with E-state index in [1.165, 1.54) is 35.5 Å². The minimum atomic E-state index is -3.90. The molecule has 3 heterocycles. The highest BCUT2D eigenvalue weighted by molar-refractivity contribution is 7.93. The maximum atomic E-state index is 13.2. The fourth-order valence-electron chi connectivity index (χ4n) is 3.91. The van der Waals surface area contributed by atoms with Crippen LogP contribution in [0.2, 0.25) is 0 Å². The van der Waals surface area contributed by atoms with Gasteiger partial charge in [-0.05, 0) is 48.5 Å². The van der Waals surface area contributed by atoms with Crippen molar-refractivity contribution in [2.75, 3.05) is 30.2 Å². The Morgan fingerprint density at radius 2 is 1.95 bits per heavy atom. The van der Waals surface area contributed by atoms with Crippen molar-refractivity contribution >= 4 is 77.3 Å². The summed E-state index contributed by atoms with van der Waals surface area (Å²) >= 11 is 13.7. The third-order valence-corrected chi connectivity index (χ3v) is 9.21. The summed E-state index contributed by atoms with van der Waals surface area (Å²) in [6, 6.07) is 14.8. The van der Waals surface area contributed by atoms with Gasteiger partial charge in [-0.3, -0.25) is 14.8 Å². The van der Waals surface area contributed by atoms with Gasteiger partial charge in [0.1, 0.15) is 28.1 Å². The molecule has 1 fully saturated rings. The summed E-state index contributed by atoms with van der Waals surface area (Å²) in [5.74, 6) is 0.555. The first-order valence-electron chi connectivity index (χ1n) is 11.4. The number of halogens is 2. The number of benzene rings is 2. The molecule has 3 N–H and O–H groups in total. The number of para-hydroxylation sites is 1. The van der Waals surface area contributed by atoms with E-state index in [0.29, 0.717) is 41.4 Å². The van der Waals surface area contributed by atoms with Crippen LogP contribution in [0.1, 0.15) is 10.4 Å². The van der Waals surface area contributed by atoms with Crippen molar-refractivity contribution in [3.05, 3.63) is 66.4 Å². The van der Waals surface area contributed by atoms with E-state index in [-0.39, 0.29) is 15.9 Å². The third kappa shape index (κ3) is 5.36. The van der Waals surface area contributed by atoms with Gasteiger partial charge in [0.15, 0.2) is 5.13 Å². The number of ether oxygens (including phenoxy) is 1. The fourth-order valence-corrected chi connectivity index (χ4v) is 6.55. The van der Waals surface area contributed by atoms with E-state index in [1.54, 1.807) is 36.5 Å². The van der Waals surface area contributed by atoms with Gasteiger partial charge in [-0.2, -0.15) is 0 Å². The van der Waals surface area contributed by atoms with Crippen molar-refractivity contribution in [3.8, 4) is 5.75 Å². The zero-order valence-corrected chi connectivity index (χ0v) is 23.0. The molecule has 1 aliphatic heterocycles. The van der Waals surface area contributed by atoms with Crippen LogP contribution in [-0.2, 0) is 10.0 Å². The summed E-state index contributed by atoms with van der Waals surface area (Å²) in [6.07, 6.45) is 1.55. The molecule has 0 bridgehead atoms. The number of alkyl halides is 2. The Bertz CT molecular complexity index is 1580. The van der Waals surface area contributed by atoms with Crippen LogP contribution in [0.5, 0.6) is 5.75 Å². The SMILES string of the molecule is COc1cccc2sc(NS(=O)(=O)c3ccc(Nc4ncccc4C(=O)N4CCNC(Cl)C4Cl)cc3)nc12. The number of sulfonamides is 1. The highest BCUT2D eigenvalue weighted by Gasteiger charge is 2.33. The second kappa shape index (κ2) is 10.9. The minimum absolute atomic E-state index is 0.0468. The molecule has 2 atom stereocenters. The number of hydrogen-bond donors (Lipinski definition) is 3. The molecule has 4 aromatic rings. The van der Waals surface area contributed by atoms with Crippen molar-refractivity contribution in [1.82, 2.24) is 20.2 Å². The summed E-state index contributed by atoms with van der Waals surface area (Å²) in [5.41, 5.74) is 0.142. The predicted octanol–water partition coefficient (Wildman–Crippen LogP) is 4.42. The molecule has 2 aromatic carbocycles. The molecule has 2 aromatic heterocycles. The van der Waals surface area contributed by atoms with E-state index in [2.05, 4.69) is 25.3 Å². The number of fused-ring (bicyclic) bond motifs is 1. The Labute approximate surface area is 233 Å². The molecule has 5 rings (SSSR count). The number of hydrogen-bond acceptors (Lipinski definition) is 9. The lowest BCUT2D eigenvalue weighted by Crippen LogP contribution is -2.55. The largest absolute Gasteiger partial charge is 0.494 e. The molecular formula is C24H22Cl2N6O4S2. The summed E-state index contributed by atoms with van der Waals surface area (Å²) in [6.45, 7) is 0.909. The lowest BCUT2D eigenvalue weighted by Gasteiger charge is -2.35. The number of carbonyl (C=O) groups is 1. The molecule has 0 aliphatic carbocycles. The van der Waals surface area contributed by atoms with Crippen molar-refractivity contribution in [2.24, 2.45) is 0 Å². The van der Waals surface area contributed by atoms with Gasteiger partial charge in [-0.1, -0.05) is 29.0 Å². The topological polar surface area (TPSA) is 126 Å². The van der Waals surface area contributed by atoms with Gasteiger partial charge in [0.2, 0.25) is 0 Å². The van der Waals surface area contributed by atoms with Gasteiger partial charge in [0.05, 0.1) is 22.3 Å². The molecule has 1 saturated heterocycles. The molecule has 1 aliphatic rings. The van der Waals surface area contributed by atoms with Crippen molar-refractivity contribution in [2.45, 2.75) is 15.9 Å². The summed E-state index contributed by atoms with van der Waals surface area (Å²) in [5, 5.41) is 6.33. The Balaban J connectivity index is 1.33. The second-order valence-electron chi connectivity index (χ2n) is 8.21. The van der Waals surface area contributed by atoms with Gasteiger partial charge in [-0.15, -0.1) is 11.6 Å². The number of amides is 1. The summed E-state index contributed by atoms with van der Waals surface area (Å²) in [7, 11) is -2.36. The van der Waals surface area contributed by atoms with Gasteiger partial charge < -0.3 is 15.0 Å². The Hall–Kier alpha value is -3.16. The van der Waals surface area contributed by atoms with Gasteiger partial charge in [0, 0.05) is 25.0 Å². The van der Waals surface area contributed by atoms with E-state index in [9.17, 15) is 13.2 Å². The van der Waals surface area contributed by atoms with Crippen LogP contribution >= 0.6 is 34.5 Å². The van der Waals surface area contributed by atoms with E-state index in [4.69, 9.17) is 27.9 Å². The quantitative estimate of drug-likeness (QED) is 0.213. The monoisotopic (exact) mass is 592 g/mol. The molecular weight excluding hydrogens is 571 g/mol. The Kier molecular flexibility index (Phi) is 7.59. The van der Waals surface area contributed by atoms with E-state index < -0.39 is 21.0 Å². The number of pyridine rings is 1. The molecule has 198 valence electrons. The number of anilines is 3. The molecule has 0 spiro atoms. The number of rotatable bonds is 7. The third-order valence-electron chi connectivity index (χ3n) is 5.78. The first-order chi connectivity index (χ1) is 18.3. The molecule has 38 heavy (non-hydrogen) atoms. The molecule has 0 radical (unpaired) electrons. The van der Waals surface area contributed by atoms with Crippen LogP contribution in [0.3, 0.4) is 0 Å². The summed E-state index contributed by atoms with van der Waals surface area (Å²) < 4.78 is 34.6. The van der Waals surface area contributed by atoms with Crippen LogP contribution in [0, 0.1) is 0 Å². The molecule has 1 amide bonds. The smallest absolute Gasteiger partial charge is 0.263 e. The molecule has 0 saturated carbocycles. The van der Waals surface area contributed by atoms with Gasteiger partial charge in [-0.25, -0.2) is 18.4 Å². The van der Waals surface area contributed by atoms with E-state index >= 15 is 0 Å². The van der Waals surface area contributed by atoms with Crippen LogP contribution in [0.4, 0.5) is 16.6 Å². The van der Waals surface area contributed by atoms with Crippen LogP contribution in [-0.4, -0.2) is 60.4 Å². The number of carbonyl (C=O) groups excluding carboxylic acids is 1. The second-order valence-corrected chi connectivity index (χ2v) is 11.8. The number of methoxy groups -OCH3 is 1. The number of aromatic nitrogens is 2. The Morgan fingerprint density at radius 1 is 1.16 bits per heavy atom. The first-order valence-corrected chi connectivity index (χ1v) is 14.5. The van der Waals surface area contributed by atoms with Crippen LogP contribution in [0.25, 0.3) is 10.2 Å². The summed E-state index contributed by atoms with van der Waals surface area (Å²) in [4.78, 5) is 23.4. The fraction of sp³-hybridized carbons (Fsp3) is 0.208. The number of nitrogens with zero attached hydrogens (tertiary/aromatic N) is 3. The van der Waals surface area contributed by atoms with E-state index in [0.717, 1.165) is 4.70 Å². The van der Waals surface area contributed by atoms with Crippen molar-refractivity contribution in [1.29, 1.82) is 0 Å². The van der Waals surface area contributed by atoms with Gasteiger partial charge in [0.25, 0.3) is 15.9 Å². The lowest BCUT2D eigenvalue weighted by atomic mass is 10.2. The first kappa shape index (κ1) is 26.4. The standard InChI is InChI=1S/C24H22Cl2N6O4S2/c1-36-17-5-2-6-18-19(17)30-24(37-18)31-38(34,35)15-9-7-14(8-10-15)29-22-16(4-3-11-28-22)23(33)32-13-12-27-20(25)21(32)26/h2-11,20-21,27H,12-13H2,1H3,(H,28,29)(H,30,31). The van der Waals surface area contributed by atoms with Crippen molar-refractivity contribution in [3.63, 3.8) is 0 Å². The molecule has 10 nitrogen and oxygen atoms in total. The average molecular weight is 594 g/mol. The maximum Gasteiger partial charge on any atom is 0.263 e. The minimum Gasteiger partial charge on any atom is -0.494 e. The number of piperazine rings is 1. The Morgan fingerprint density at radius 3 is 2.71 bits per heavy atom. The maximum absolute atomic E-state index is 13.2. The zero-order chi connectivity index (χ0) is 26.9. The number of nitrogens with one attached hydrogen (secondary N) is 3. The average Bonchev–Trinajstić information content (AvgIpc) is 3.32. The van der Waals surface area contributed by atoms with E-state index in [1.807, 2.05) is 12.1 Å². The molecule has 2 unspecified atom stereocenters. The normalized spacial score (nSPS) is 17.8. The highest BCUT2D eigenvalue weighted by atomic mass is 35.5. The van der Waals surface area contributed by atoms with Crippen molar-refractivity contribution < 1.29 is 17.9 Å².